The van der Waals surface area contributed by atoms with E-state index in [0.717, 1.165) is 6.42 Å². The smallest absolute Gasteiger partial charge is 0.0661 e. The maximum absolute atomic E-state index is 6.50. The average Bonchev–Trinajstić information content (AvgIpc) is 2.31. The van der Waals surface area contributed by atoms with Crippen LogP contribution in [0.1, 0.15) is 18.9 Å². The number of hydrogen-bond donors (Lipinski definition) is 1. The highest BCUT2D eigenvalue weighted by Crippen LogP contribution is 2.34. The molecule has 0 heterocycles. The van der Waals surface area contributed by atoms with Crippen molar-refractivity contribution in [3.63, 3.8) is 0 Å². The highest BCUT2D eigenvalue weighted by molar-refractivity contribution is 5.35. The Balaban J connectivity index is 2.41. The van der Waals surface area contributed by atoms with Gasteiger partial charge in [-0.25, -0.2) is 0 Å². The molecule has 0 fully saturated rings. The lowest BCUT2D eigenvalue weighted by Crippen LogP contribution is -2.42. The summed E-state index contributed by atoms with van der Waals surface area (Å²) in [4.78, 5) is 0. The highest BCUT2D eigenvalue weighted by Gasteiger charge is 2.32. The minimum atomic E-state index is -0.329. The zero-order chi connectivity index (χ0) is 10.7. The fourth-order valence-corrected chi connectivity index (χ4v) is 2.21. The number of benzene rings is 1. The molecule has 1 aromatic carbocycles. The van der Waals surface area contributed by atoms with Gasteiger partial charge in [0.25, 0.3) is 0 Å². The summed E-state index contributed by atoms with van der Waals surface area (Å²) in [6.07, 6.45) is 9.50. The van der Waals surface area contributed by atoms with Crippen LogP contribution in [0.25, 0.3) is 0 Å². The first-order valence-corrected chi connectivity index (χ1v) is 5.48. The van der Waals surface area contributed by atoms with E-state index in [0.29, 0.717) is 5.92 Å². The Morgan fingerprint density at radius 2 is 1.93 bits per heavy atom. The van der Waals surface area contributed by atoms with Gasteiger partial charge in [0.05, 0.1) is 5.54 Å². The molecule has 2 atom stereocenters. The van der Waals surface area contributed by atoms with Gasteiger partial charge < -0.3 is 5.73 Å². The maximum Gasteiger partial charge on any atom is 0.0661 e. The molecule has 1 aliphatic rings. The van der Waals surface area contributed by atoms with Crippen molar-refractivity contribution in [3.05, 3.63) is 60.2 Å². The van der Waals surface area contributed by atoms with Crippen molar-refractivity contribution in [2.75, 3.05) is 0 Å². The van der Waals surface area contributed by atoms with Gasteiger partial charge in [0.1, 0.15) is 0 Å². The number of hydrogen-bond acceptors (Lipinski definition) is 1. The number of nitrogens with two attached hydrogens (primary N) is 1. The Morgan fingerprint density at radius 3 is 2.60 bits per heavy atom. The van der Waals surface area contributed by atoms with Crippen LogP contribution in [-0.2, 0) is 5.54 Å². The van der Waals surface area contributed by atoms with Crippen LogP contribution in [0.2, 0.25) is 0 Å². The highest BCUT2D eigenvalue weighted by atomic mass is 14.8. The molecule has 2 N–H and O–H groups in total. The van der Waals surface area contributed by atoms with E-state index in [-0.39, 0.29) is 5.54 Å². The van der Waals surface area contributed by atoms with Gasteiger partial charge in [-0.15, -0.1) is 0 Å². The van der Waals surface area contributed by atoms with E-state index < -0.39 is 0 Å². The van der Waals surface area contributed by atoms with Gasteiger partial charge in [-0.1, -0.05) is 61.6 Å². The molecule has 1 heteroatoms. The lowest BCUT2D eigenvalue weighted by atomic mass is 9.75. The molecule has 78 valence electrons. The molecule has 0 spiro atoms. The second kappa shape index (κ2) is 4.03. The van der Waals surface area contributed by atoms with Gasteiger partial charge in [0.15, 0.2) is 0 Å². The average molecular weight is 199 g/mol. The van der Waals surface area contributed by atoms with Gasteiger partial charge >= 0.3 is 0 Å². The third-order valence-corrected chi connectivity index (χ3v) is 3.15. The van der Waals surface area contributed by atoms with E-state index in [2.05, 4.69) is 37.3 Å². The summed E-state index contributed by atoms with van der Waals surface area (Å²) in [5.41, 5.74) is 7.36. The van der Waals surface area contributed by atoms with Crippen LogP contribution >= 0.6 is 0 Å². The van der Waals surface area contributed by atoms with Crippen LogP contribution in [0.15, 0.2) is 54.6 Å². The van der Waals surface area contributed by atoms with Crippen molar-refractivity contribution in [1.82, 2.24) is 0 Å². The van der Waals surface area contributed by atoms with E-state index in [1.54, 1.807) is 0 Å². The summed E-state index contributed by atoms with van der Waals surface area (Å²) in [6, 6.07) is 10.3. The maximum atomic E-state index is 6.50. The molecular formula is C14H17N. The molecule has 2 rings (SSSR count). The molecule has 0 amide bonds. The van der Waals surface area contributed by atoms with Crippen LogP contribution in [0, 0.1) is 5.92 Å². The predicted octanol–water partition coefficient (Wildman–Crippen LogP) is 2.99. The third-order valence-electron chi connectivity index (χ3n) is 3.15. The van der Waals surface area contributed by atoms with Crippen LogP contribution in [0.3, 0.4) is 0 Å². The van der Waals surface area contributed by atoms with E-state index in [1.165, 1.54) is 5.56 Å². The molecule has 0 aliphatic heterocycles. The Bertz CT molecular complexity index is 378. The monoisotopic (exact) mass is 199 g/mol. The molecule has 0 aromatic heterocycles. The summed E-state index contributed by atoms with van der Waals surface area (Å²) < 4.78 is 0. The molecule has 0 bridgehead atoms. The first-order valence-electron chi connectivity index (χ1n) is 5.48. The van der Waals surface area contributed by atoms with Crippen molar-refractivity contribution in [2.24, 2.45) is 11.7 Å². The molecule has 1 aliphatic carbocycles. The fourth-order valence-electron chi connectivity index (χ4n) is 2.21. The SMILES string of the molecule is CCC1C=CC=CC1(N)c1ccccc1. The van der Waals surface area contributed by atoms with Crippen LogP contribution in [0.5, 0.6) is 0 Å². The van der Waals surface area contributed by atoms with Gasteiger partial charge in [-0.2, -0.15) is 0 Å². The van der Waals surface area contributed by atoms with Gasteiger partial charge in [-0.05, 0) is 12.0 Å². The molecule has 0 saturated heterocycles. The Kier molecular flexibility index (Phi) is 2.74. The summed E-state index contributed by atoms with van der Waals surface area (Å²) >= 11 is 0. The summed E-state index contributed by atoms with van der Waals surface area (Å²) in [5, 5.41) is 0. The molecule has 0 saturated carbocycles. The largest absolute Gasteiger partial charge is 0.318 e. The minimum absolute atomic E-state index is 0.329. The van der Waals surface area contributed by atoms with E-state index in [9.17, 15) is 0 Å². The first kappa shape index (κ1) is 10.2. The normalized spacial score (nSPS) is 29.3. The van der Waals surface area contributed by atoms with Crippen LogP contribution in [-0.4, -0.2) is 0 Å². The minimum Gasteiger partial charge on any atom is -0.318 e. The molecule has 15 heavy (non-hydrogen) atoms. The molecule has 2 unspecified atom stereocenters. The zero-order valence-corrected chi connectivity index (χ0v) is 9.06. The molecule has 1 aromatic rings. The molecular weight excluding hydrogens is 182 g/mol. The van der Waals surface area contributed by atoms with E-state index in [1.807, 2.05) is 24.3 Å². The number of rotatable bonds is 2. The second-order valence-electron chi connectivity index (χ2n) is 4.06. The van der Waals surface area contributed by atoms with Crippen molar-refractivity contribution in [1.29, 1.82) is 0 Å². The Hall–Kier alpha value is -1.34. The standard InChI is InChI=1S/C14H17N/c1-2-12-8-6-7-11-14(12,15)13-9-4-3-5-10-13/h3-12H,2,15H2,1H3. The Labute approximate surface area is 91.3 Å². The van der Waals surface area contributed by atoms with Gasteiger partial charge in [0.2, 0.25) is 0 Å². The molecule has 0 radical (unpaired) electrons. The summed E-state index contributed by atoms with van der Waals surface area (Å²) in [6.45, 7) is 2.18. The number of allylic oxidation sites excluding steroid dienone is 2. The summed E-state index contributed by atoms with van der Waals surface area (Å²) in [5.74, 6) is 0.393. The van der Waals surface area contributed by atoms with Gasteiger partial charge in [0, 0.05) is 5.92 Å². The lowest BCUT2D eigenvalue weighted by molar-refractivity contribution is 0.393. The van der Waals surface area contributed by atoms with Crippen molar-refractivity contribution < 1.29 is 0 Å². The van der Waals surface area contributed by atoms with Crippen molar-refractivity contribution in [2.45, 2.75) is 18.9 Å². The summed E-state index contributed by atoms with van der Waals surface area (Å²) in [7, 11) is 0. The zero-order valence-electron chi connectivity index (χ0n) is 9.06. The van der Waals surface area contributed by atoms with Crippen molar-refractivity contribution in [3.8, 4) is 0 Å². The third kappa shape index (κ3) is 1.75. The predicted molar refractivity (Wildman–Crippen MR) is 64.4 cm³/mol. The molecule has 1 nitrogen and oxygen atoms in total. The lowest BCUT2D eigenvalue weighted by Gasteiger charge is -2.35. The van der Waals surface area contributed by atoms with Gasteiger partial charge in [-0.3, -0.25) is 0 Å². The quantitative estimate of drug-likeness (QED) is 0.778. The van der Waals surface area contributed by atoms with Crippen LogP contribution < -0.4 is 5.73 Å². The topological polar surface area (TPSA) is 26.0 Å². The van der Waals surface area contributed by atoms with E-state index in [4.69, 9.17) is 5.73 Å². The first-order chi connectivity index (χ1) is 7.27. The van der Waals surface area contributed by atoms with Crippen LogP contribution in [0.4, 0.5) is 0 Å². The second-order valence-corrected chi connectivity index (χ2v) is 4.06. The Morgan fingerprint density at radius 1 is 1.20 bits per heavy atom. The van der Waals surface area contributed by atoms with E-state index >= 15 is 0 Å². The van der Waals surface area contributed by atoms with Crippen molar-refractivity contribution >= 4 is 0 Å². The fraction of sp³-hybridized carbons (Fsp3) is 0.286.